The van der Waals surface area contributed by atoms with Gasteiger partial charge in [0.1, 0.15) is 11.8 Å². The van der Waals surface area contributed by atoms with Crippen molar-refractivity contribution < 1.29 is 9.53 Å². The molecule has 1 amide bonds. The van der Waals surface area contributed by atoms with Crippen molar-refractivity contribution in [3.05, 3.63) is 76.6 Å². The van der Waals surface area contributed by atoms with Crippen molar-refractivity contribution in [2.75, 3.05) is 11.9 Å². The quantitative estimate of drug-likeness (QED) is 0.753. The van der Waals surface area contributed by atoms with Gasteiger partial charge in [0.2, 0.25) is 0 Å². The molecule has 0 saturated carbocycles. The Hall–Kier alpha value is -3.92. The summed E-state index contributed by atoms with van der Waals surface area (Å²) in [5, 5.41) is 15.9. The van der Waals surface area contributed by atoms with Gasteiger partial charge >= 0.3 is 0 Å². The number of nitrogens with one attached hydrogen (secondary N) is 1. The first kappa shape index (κ1) is 17.9. The molecular weight excluding hydrogens is 344 g/mol. The Morgan fingerprint density at radius 2 is 1.89 bits per heavy atom. The molecule has 3 aromatic rings. The maximum absolute atomic E-state index is 12.1. The number of carbonyl (C=O) groups is 1. The first-order chi connectivity index (χ1) is 13.1. The summed E-state index contributed by atoms with van der Waals surface area (Å²) < 4.78 is 6.67. The fraction of sp³-hybridized carbons (Fsp3) is 0.100. The van der Waals surface area contributed by atoms with Crippen LogP contribution in [0.4, 0.5) is 5.69 Å². The summed E-state index contributed by atoms with van der Waals surface area (Å²) in [7, 11) is 1.59. The largest absolute Gasteiger partial charge is 0.482 e. The predicted molar refractivity (Wildman–Crippen MR) is 100 cm³/mol. The minimum atomic E-state index is -0.337. The molecule has 1 aromatic heterocycles. The average Bonchev–Trinajstić information content (AvgIpc) is 2.69. The number of para-hydroxylation sites is 1. The molecule has 1 N–H and O–H groups in total. The minimum Gasteiger partial charge on any atom is -0.482 e. The zero-order valence-corrected chi connectivity index (χ0v) is 14.5. The van der Waals surface area contributed by atoms with E-state index in [4.69, 9.17) is 10.00 Å². The fourth-order valence-electron chi connectivity index (χ4n) is 2.41. The highest BCUT2D eigenvalue weighted by atomic mass is 16.5. The zero-order chi connectivity index (χ0) is 19.2. The number of aryl methyl sites for hydroxylation is 1. The number of aromatic nitrogens is 2. The Labute approximate surface area is 155 Å². The Morgan fingerprint density at radius 3 is 2.59 bits per heavy atom. The highest BCUT2D eigenvalue weighted by Gasteiger charge is 2.07. The van der Waals surface area contributed by atoms with Crippen molar-refractivity contribution in [2.24, 2.45) is 7.05 Å². The van der Waals surface area contributed by atoms with E-state index >= 15 is 0 Å². The second kappa shape index (κ2) is 7.97. The van der Waals surface area contributed by atoms with Crippen LogP contribution in [0, 0.1) is 11.3 Å². The van der Waals surface area contributed by atoms with Crippen LogP contribution >= 0.6 is 0 Å². The first-order valence-electron chi connectivity index (χ1n) is 8.13. The van der Waals surface area contributed by atoms with Gasteiger partial charge in [0, 0.05) is 24.4 Å². The summed E-state index contributed by atoms with van der Waals surface area (Å²) in [6.45, 7) is -0.206. The number of benzene rings is 2. The van der Waals surface area contributed by atoms with Gasteiger partial charge in [-0.05, 0) is 30.3 Å². The standard InChI is InChI=1S/C20H16N4O3/c1-24-20(26)11-10-17(23-24)14-6-8-16(9-7-14)22-19(25)13-27-18-5-3-2-4-15(18)12-21/h2-11H,13H2,1H3,(H,22,25). The Kier molecular flexibility index (Phi) is 5.28. The lowest BCUT2D eigenvalue weighted by Crippen LogP contribution is -2.20. The summed E-state index contributed by atoms with van der Waals surface area (Å²) in [5.74, 6) is 0.0296. The van der Waals surface area contributed by atoms with E-state index in [0.29, 0.717) is 22.7 Å². The molecule has 0 aliphatic carbocycles. The van der Waals surface area contributed by atoms with Crippen LogP contribution in [0.3, 0.4) is 0 Å². The SMILES string of the molecule is Cn1nc(-c2ccc(NC(=O)COc3ccccc3C#N)cc2)ccc1=O. The molecular formula is C20H16N4O3. The molecule has 2 aromatic carbocycles. The van der Waals surface area contributed by atoms with Gasteiger partial charge in [-0.25, -0.2) is 4.68 Å². The molecule has 7 nitrogen and oxygen atoms in total. The molecule has 0 atom stereocenters. The first-order valence-corrected chi connectivity index (χ1v) is 8.13. The molecule has 0 spiro atoms. The lowest BCUT2D eigenvalue weighted by Gasteiger charge is -2.09. The van der Waals surface area contributed by atoms with Crippen LogP contribution in [0.2, 0.25) is 0 Å². The minimum absolute atomic E-state index is 0.180. The third kappa shape index (κ3) is 4.38. The number of hydrogen-bond acceptors (Lipinski definition) is 5. The van der Waals surface area contributed by atoms with Crippen molar-refractivity contribution in [3.8, 4) is 23.1 Å². The van der Waals surface area contributed by atoms with Crippen LogP contribution in [0.1, 0.15) is 5.56 Å². The zero-order valence-electron chi connectivity index (χ0n) is 14.5. The number of anilines is 1. The normalized spacial score (nSPS) is 10.1. The average molecular weight is 360 g/mol. The molecule has 0 radical (unpaired) electrons. The van der Waals surface area contributed by atoms with E-state index in [0.717, 1.165) is 5.56 Å². The number of hydrogen-bond donors (Lipinski definition) is 1. The van der Waals surface area contributed by atoms with Gasteiger partial charge in [-0.3, -0.25) is 9.59 Å². The number of ether oxygens (including phenoxy) is 1. The molecule has 0 aliphatic rings. The van der Waals surface area contributed by atoms with Crippen LogP contribution in [0.5, 0.6) is 5.75 Å². The van der Waals surface area contributed by atoms with Crippen molar-refractivity contribution in [3.63, 3.8) is 0 Å². The second-order valence-electron chi connectivity index (χ2n) is 5.70. The van der Waals surface area contributed by atoms with Crippen molar-refractivity contribution in [1.82, 2.24) is 9.78 Å². The summed E-state index contributed by atoms with van der Waals surface area (Å²) in [5.41, 5.74) is 2.28. The molecule has 0 saturated heterocycles. The number of carbonyl (C=O) groups excluding carboxylic acids is 1. The third-order valence-electron chi connectivity index (χ3n) is 3.79. The van der Waals surface area contributed by atoms with E-state index in [1.54, 1.807) is 61.6 Å². The maximum Gasteiger partial charge on any atom is 0.266 e. The Bertz CT molecular complexity index is 1070. The van der Waals surface area contributed by atoms with E-state index in [-0.39, 0.29) is 18.1 Å². The summed E-state index contributed by atoms with van der Waals surface area (Å²) in [6, 6.07) is 18.9. The summed E-state index contributed by atoms with van der Waals surface area (Å²) in [4.78, 5) is 23.5. The van der Waals surface area contributed by atoms with Crippen LogP contribution in [-0.2, 0) is 11.8 Å². The van der Waals surface area contributed by atoms with E-state index in [1.807, 2.05) is 6.07 Å². The third-order valence-corrected chi connectivity index (χ3v) is 3.79. The fourth-order valence-corrected chi connectivity index (χ4v) is 2.41. The molecule has 1 heterocycles. The van der Waals surface area contributed by atoms with Crippen LogP contribution in [-0.4, -0.2) is 22.3 Å². The number of nitrogens with zero attached hydrogens (tertiary/aromatic N) is 3. The summed E-state index contributed by atoms with van der Waals surface area (Å²) >= 11 is 0. The van der Waals surface area contributed by atoms with Gasteiger partial charge in [0.15, 0.2) is 6.61 Å². The molecule has 27 heavy (non-hydrogen) atoms. The topological polar surface area (TPSA) is 97.0 Å². The highest BCUT2D eigenvalue weighted by molar-refractivity contribution is 5.92. The van der Waals surface area contributed by atoms with Gasteiger partial charge in [-0.1, -0.05) is 24.3 Å². The second-order valence-corrected chi connectivity index (χ2v) is 5.70. The van der Waals surface area contributed by atoms with E-state index in [2.05, 4.69) is 10.4 Å². The van der Waals surface area contributed by atoms with Gasteiger partial charge in [-0.2, -0.15) is 10.4 Å². The molecule has 7 heteroatoms. The van der Waals surface area contributed by atoms with Crippen molar-refractivity contribution >= 4 is 11.6 Å². The van der Waals surface area contributed by atoms with Gasteiger partial charge in [0.25, 0.3) is 11.5 Å². The maximum atomic E-state index is 12.1. The van der Waals surface area contributed by atoms with Gasteiger partial charge in [-0.15, -0.1) is 0 Å². The number of amides is 1. The Balaban J connectivity index is 1.62. The molecule has 0 aliphatic heterocycles. The molecule has 0 bridgehead atoms. The number of nitriles is 1. The lowest BCUT2D eigenvalue weighted by molar-refractivity contribution is -0.118. The lowest BCUT2D eigenvalue weighted by atomic mass is 10.1. The monoisotopic (exact) mass is 360 g/mol. The van der Waals surface area contributed by atoms with Crippen molar-refractivity contribution in [1.29, 1.82) is 5.26 Å². The van der Waals surface area contributed by atoms with E-state index in [9.17, 15) is 9.59 Å². The van der Waals surface area contributed by atoms with Gasteiger partial charge in [0.05, 0.1) is 11.3 Å². The number of rotatable bonds is 5. The van der Waals surface area contributed by atoms with Crippen LogP contribution < -0.4 is 15.6 Å². The van der Waals surface area contributed by atoms with Crippen LogP contribution in [0.25, 0.3) is 11.3 Å². The Morgan fingerprint density at radius 1 is 1.15 bits per heavy atom. The smallest absolute Gasteiger partial charge is 0.266 e. The summed E-state index contributed by atoms with van der Waals surface area (Å²) in [6.07, 6.45) is 0. The van der Waals surface area contributed by atoms with E-state index in [1.165, 1.54) is 10.7 Å². The molecule has 0 unspecified atom stereocenters. The predicted octanol–water partition coefficient (Wildman–Crippen LogP) is 2.34. The molecule has 134 valence electrons. The van der Waals surface area contributed by atoms with E-state index < -0.39 is 0 Å². The van der Waals surface area contributed by atoms with Crippen LogP contribution in [0.15, 0.2) is 65.5 Å². The van der Waals surface area contributed by atoms with Gasteiger partial charge < -0.3 is 10.1 Å². The molecule has 3 rings (SSSR count). The van der Waals surface area contributed by atoms with Crippen molar-refractivity contribution in [2.45, 2.75) is 0 Å². The highest BCUT2D eigenvalue weighted by Crippen LogP contribution is 2.19. The molecule has 0 fully saturated rings.